The second-order valence-electron chi connectivity index (χ2n) is 3.45. The van der Waals surface area contributed by atoms with Gasteiger partial charge < -0.3 is 9.15 Å². The van der Waals surface area contributed by atoms with E-state index in [0.717, 1.165) is 6.07 Å². The van der Waals surface area contributed by atoms with Gasteiger partial charge in [0.2, 0.25) is 4.34 Å². The number of ether oxygens (including phenoxy) is 1. The summed E-state index contributed by atoms with van der Waals surface area (Å²) in [7, 11) is -4.39. The Balaban J connectivity index is 2.33. The smallest absolute Gasteiger partial charge is 0.433 e. The Bertz CT molecular complexity index is 792. The molecule has 0 saturated carbocycles. The minimum Gasteiger partial charge on any atom is -0.454 e. The van der Waals surface area contributed by atoms with Crippen molar-refractivity contribution < 1.29 is 27.3 Å². The minimum atomic E-state index is -4.39. The molecule has 0 aliphatic rings. The van der Waals surface area contributed by atoms with Gasteiger partial charge in [0.15, 0.2) is 10.8 Å². The summed E-state index contributed by atoms with van der Waals surface area (Å²) in [5.41, 5.74) is 0. The van der Waals surface area contributed by atoms with E-state index >= 15 is 0 Å². The number of sulfone groups is 1. The molecular weight excluding hydrogens is 326 g/mol. The first-order chi connectivity index (χ1) is 9.86. The van der Waals surface area contributed by atoms with Crippen molar-refractivity contribution in [2.45, 2.75) is 11.3 Å². The van der Waals surface area contributed by atoms with Crippen LogP contribution < -0.4 is 0 Å². The topological polar surface area (TPSA) is 142 Å². The van der Waals surface area contributed by atoms with Crippen molar-refractivity contribution in [2.24, 2.45) is 0 Å². The van der Waals surface area contributed by atoms with Crippen LogP contribution in [0.25, 0.3) is 10.8 Å². The summed E-state index contributed by atoms with van der Waals surface area (Å²) >= 11 is 0.545. The molecular formula is C9H7N3O7S2. The predicted molar refractivity (Wildman–Crippen MR) is 68.5 cm³/mol. The Hall–Kier alpha value is -2.34. The highest BCUT2D eigenvalue weighted by molar-refractivity contribution is 8.07. The largest absolute Gasteiger partial charge is 0.454 e. The van der Waals surface area contributed by atoms with Gasteiger partial charge >= 0.3 is 21.0 Å². The van der Waals surface area contributed by atoms with Crippen LogP contribution in [0, 0.1) is 10.1 Å². The first-order valence-corrected chi connectivity index (χ1v) is 7.66. The monoisotopic (exact) mass is 333 g/mol. The summed E-state index contributed by atoms with van der Waals surface area (Å²) in [6, 6.07) is 2.34. The average Bonchev–Trinajstić information content (AvgIpc) is 3.08. The highest BCUT2D eigenvalue weighted by Gasteiger charge is 2.31. The Morgan fingerprint density at radius 1 is 1.48 bits per heavy atom. The number of hydrogen-bond donors (Lipinski definition) is 0. The highest BCUT2D eigenvalue weighted by Crippen LogP contribution is 2.30. The molecule has 2 aromatic heterocycles. The fourth-order valence-corrected chi connectivity index (χ4v) is 3.21. The summed E-state index contributed by atoms with van der Waals surface area (Å²) < 4.78 is 32.2. The molecule has 0 unspecified atom stereocenters. The summed E-state index contributed by atoms with van der Waals surface area (Å²) in [5.74, 6) is -0.542. The maximum absolute atomic E-state index is 11.8. The number of furan rings is 1. The second-order valence-corrected chi connectivity index (χ2v) is 6.42. The zero-order valence-electron chi connectivity index (χ0n) is 10.4. The van der Waals surface area contributed by atoms with Gasteiger partial charge in [-0.2, -0.15) is 0 Å². The van der Waals surface area contributed by atoms with E-state index in [0.29, 0.717) is 11.3 Å². The molecule has 0 N–H and O–H groups in total. The Labute approximate surface area is 121 Å². The maximum atomic E-state index is 11.8. The fourth-order valence-electron chi connectivity index (χ4n) is 1.23. The lowest BCUT2D eigenvalue weighted by Gasteiger charge is -1.98. The van der Waals surface area contributed by atoms with Gasteiger partial charge in [-0.15, -0.1) is 10.2 Å². The minimum absolute atomic E-state index is 0.00836. The first kappa shape index (κ1) is 15.1. The summed E-state index contributed by atoms with van der Waals surface area (Å²) in [4.78, 5) is 21.1. The lowest BCUT2D eigenvalue weighted by Crippen LogP contribution is -2.16. The molecule has 112 valence electrons. The highest BCUT2D eigenvalue weighted by atomic mass is 32.2. The van der Waals surface area contributed by atoms with Crippen LogP contribution in [0.5, 0.6) is 0 Å². The standard InChI is InChI=1S/C9H7N3O7S2/c1-2-18-9(13)21(16,17)8-11-10-7(20-8)5-3-4-6(19-5)12(14)15/h3-4H,2H2,1H3. The van der Waals surface area contributed by atoms with E-state index in [1.165, 1.54) is 13.0 Å². The van der Waals surface area contributed by atoms with E-state index in [4.69, 9.17) is 4.42 Å². The summed E-state index contributed by atoms with van der Waals surface area (Å²) in [6.45, 7) is 1.36. The molecule has 0 fully saturated rings. The normalized spacial score (nSPS) is 11.3. The molecule has 12 heteroatoms. The third kappa shape index (κ3) is 2.90. The van der Waals surface area contributed by atoms with Gasteiger partial charge in [-0.05, 0) is 13.0 Å². The molecule has 0 aliphatic carbocycles. The third-order valence-electron chi connectivity index (χ3n) is 2.10. The van der Waals surface area contributed by atoms with E-state index < -0.39 is 30.3 Å². The number of aromatic nitrogens is 2. The molecule has 21 heavy (non-hydrogen) atoms. The number of hydrogen-bond acceptors (Lipinski definition) is 10. The van der Waals surface area contributed by atoms with E-state index in [9.17, 15) is 23.3 Å². The molecule has 2 rings (SSSR count). The lowest BCUT2D eigenvalue weighted by atomic mass is 10.5. The van der Waals surface area contributed by atoms with Crippen molar-refractivity contribution in [1.29, 1.82) is 0 Å². The van der Waals surface area contributed by atoms with Crippen LogP contribution in [0.15, 0.2) is 20.9 Å². The van der Waals surface area contributed by atoms with Gasteiger partial charge in [-0.3, -0.25) is 10.1 Å². The number of carbonyl (C=O) groups excluding carboxylic acids is 1. The molecule has 0 aromatic carbocycles. The summed E-state index contributed by atoms with van der Waals surface area (Å²) in [6.07, 6.45) is 0. The van der Waals surface area contributed by atoms with Gasteiger partial charge in [0.25, 0.3) is 0 Å². The van der Waals surface area contributed by atoms with Crippen LogP contribution in [0.3, 0.4) is 0 Å². The van der Waals surface area contributed by atoms with Crippen LogP contribution in [0.4, 0.5) is 10.7 Å². The van der Waals surface area contributed by atoms with Gasteiger partial charge in [0, 0.05) is 0 Å². The van der Waals surface area contributed by atoms with E-state index in [-0.39, 0.29) is 17.4 Å². The van der Waals surface area contributed by atoms with Gasteiger partial charge in [-0.25, -0.2) is 13.2 Å². The lowest BCUT2D eigenvalue weighted by molar-refractivity contribution is -0.401. The van der Waals surface area contributed by atoms with Crippen molar-refractivity contribution in [3.8, 4) is 10.8 Å². The van der Waals surface area contributed by atoms with Crippen molar-refractivity contribution >= 4 is 32.4 Å². The SMILES string of the molecule is CCOC(=O)S(=O)(=O)c1nnc(-c2ccc([N+](=O)[O-])o2)s1. The van der Waals surface area contributed by atoms with Crippen molar-refractivity contribution in [2.75, 3.05) is 6.61 Å². The quantitative estimate of drug-likeness (QED) is 0.463. The van der Waals surface area contributed by atoms with Crippen molar-refractivity contribution in [1.82, 2.24) is 10.2 Å². The molecule has 0 radical (unpaired) electrons. The Kier molecular flexibility index (Phi) is 3.99. The molecule has 0 saturated heterocycles. The van der Waals surface area contributed by atoms with Crippen LogP contribution >= 0.6 is 11.3 Å². The fraction of sp³-hybridized carbons (Fsp3) is 0.222. The van der Waals surface area contributed by atoms with E-state index in [2.05, 4.69) is 14.9 Å². The van der Waals surface area contributed by atoms with Gasteiger partial charge in [0.05, 0.1) is 12.7 Å². The molecule has 2 heterocycles. The Morgan fingerprint density at radius 2 is 2.19 bits per heavy atom. The van der Waals surface area contributed by atoms with Crippen LogP contribution in [-0.2, 0) is 14.6 Å². The molecule has 10 nitrogen and oxygen atoms in total. The van der Waals surface area contributed by atoms with Crippen LogP contribution in [0.2, 0.25) is 0 Å². The number of rotatable bonds is 4. The summed E-state index contributed by atoms with van der Waals surface area (Å²) in [5, 5.41) is 16.0. The van der Waals surface area contributed by atoms with Gasteiger partial charge in [-0.1, -0.05) is 11.3 Å². The average molecular weight is 333 g/mol. The van der Waals surface area contributed by atoms with Gasteiger partial charge in [0.1, 0.15) is 4.92 Å². The number of nitrogens with zero attached hydrogens (tertiary/aromatic N) is 3. The molecule has 2 aromatic rings. The zero-order valence-corrected chi connectivity index (χ0v) is 12.0. The van der Waals surface area contributed by atoms with Crippen molar-refractivity contribution in [3.63, 3.8) is 0 Å². The van der Waals surface area contributed by atoms with Crippen LogP contribution in [-0.4, -0.2) is 35.4 Å². The number of nitro groups is 1. The van der Waals surface area contributed by atoms with E-state index in [1.807, 2.05) is 0 Å². The van der Waals surface area contributed by atoms with Crippen LogP contribution in [0.1, 0.15) is 6.92 Å². The molecule has 0 bridgehead atoms. The Morgan fingerprint density at radius 3 is 2.76 bits per heavy atom. The first-order valence-electron chi connectivity index (χ1n) is 5.36. The third-order valence-corrected chi connectivity index (χ3v) is 4.84. The molecule has 0 aliphatic heterocycles. The second kappa shape index (κ2) is 5.57. The number of carbonyl (C=O) groups is 1. The van der Waals surface area contributed by atoms with E-state index in [1.54, 1.807) is 0 Å². The molecule has 0 atom stereocenters. The maximum Gasteiger partial charge on any atom is 0.433 e. The molecule has 0 spiro atoms. The zero-order chi connectivity index (χ0) is 15.6. The predicted octanol–water partition coefficient (Wildman–Crippen LogP) is 1.64. The molecule has 0 amide bonds. The van der Waals surface area contributed by atoms with Crippen molar-refractivity contribution in [3.05, 3.63) is 22.2 Å².